The number of pyridine rings is 1. The summed E-state index contributed by atoms with van der Waals surface area (Å²) in [5.41, 5.74) is 3.55. The summed E-state index contributed by atoms with van der Waals surface area (Å²) in [5, 5.41) is 14.5. The van der Waals surface area contributed by atoms with Crippen molar-refractivity contribution < 1.29 is 24.2 Å². The van der Waals surface area contributed by atoms with Gasteiger partial charge in [-0.05, 0) is 70.9 Å². The molecule has 10 nitrogen and oxygen atoms in total. The molecule has 2 aromatic carbocycles. The molecule has 13 heteroatoms. The number of benzene rings is 2. The van der Waals surface area contributed by atoms with Crippen molar-refractivity contribution in [2.45, 2.75) is 13.5 Å². The Kier molecular flexibility index (Phi) is 10.2. The summed E-state index contributed by atoms with van der Waals surface area (Å²) in [6, 6.07) is 13.5. The first kappa shape index (κ1) is 31.0. The van der Waals surface area contributed by atoms with Crippen molar-refractivity contribution in [2.75, 3.05) is 30.4 Å². The van der Waals surface area contributed by atoms with Gasteiger partial charge in [0.1, 0.15) is 17.8 Å². The Morgan fingerprint density at radius 2 is 1.88 bits per heavy atom. The van der Waals surface area contributed by atoms with E-state index in [4.69, 9.17) is 33.0 Å². The van der Waals surface area contributed by atoms with Crippen LogP contribution in [0.5, 0.6) is 5.75 Å². The number of hydrogen-bond donors (Lipinski definition) is 3. The lowest BCUT2D eigenvalue weighted by atomic mass is 10.2. The van der Waals surface area contributed by atoms with Gasteiger partial charge in [-0.25, -0.2) is 4.98 Å². The SMILES string of the molecule is Cc1nc2c(OCc3c(Cl)ccc(N(C)C(=O)CNC(=O)/C=C/c4ccc(NC(=O)CO)cc4)c3Cl)cccn2c1Br. The highest BCUT2D eigenvalue weighted by Gasteiger charge is 2.20. The molecule has 2 aromatic heterocycles. The van der Waals surface area contributed by atoms with Crippen LogP contribution in [0.15, 0.2) is 65.4 Å². The van der Waals surface area contributed by atoms with Crippen molar-refractivity contribution in [2.24, 2.45) is 0 Å². The second-order valence-corrected chi connectivity index (χ2v) is 10.6. The second kappa shape index (κ2) is 13.8. The van der Waals surface area contributed by atoms with Gasteiger partial charge < -0.3 is 25.4 Å². The fourth-order valence-corrected chi connectivity index (χ4v) is 4.87. The van der Waals surface area contributed by atoms with Crippen LogP contribution in [-0.2, 0) is 21.0 Å². The summed E-state index contributed by atoms with van der Waals surface area (Å²) in [6.07, 6.45) is 4.72. The summed E-state index contributed by atoms with van der Waals surface area (Å²) < 4.78 is 8.71. The molecule has 218 valence electrons. The highest BCUT2D eigenvalue weighted by Crippen LogP contribution is 2.35. The molecule has 3 N–H and O–H groups in total. The third kappa shape index (κ3) is 7.29. The molecule has 0 aliphatic carbocycles. The van der Waals surface area contributed by atoms with Crippen molar-refractivity contribution in [1.82, 2.24) is 14.7 Å². The summed E-state index contributed by atoms with van der Waals surface area (Å²) in [7, 11) is 1.55. The first-order chi connectivity index (χ1) is 20.1. The lowest BCUT2D eigenvalue weighted by Gasteiger charge is -2.21. The average Bonchev–Trinajstić information content (AvgIpc) is 3.28. The molecule has 3 amide bonds. The highest BCUT2D eigenvalue weighted by atomic mass is 79.9. The van der Waals surface area contributed by atoms with Gasteiger partial charge in [0.05, 0.1) is 22.9 Å². The zero-order valence-electron chi connectivity index (χ0n) is 22.5. The molecule has 42 heavy (non-hydrogen) atoms. The maximum Gasteiger partial charge on any atom is 0.250 e. The summed E-state index contributed by atoms with van der Waals surface area (Å²) in [5.74, 6) is -0.864. The zero-order valence-corrected chi connectivity index (χ0v) is 25.6. The number of nitrogens with zero attached hydrogens (tertiary/aromatic N) is 3. The number of amides is 3. The molecular weight excluding hydrogens is 649 g/mol. The van der Waals surface area contributed by atoms with Gasteiger partial charge in [-0.15, -0.1) is 0 Å². The molecule has 0 spiro atoms. The van der Waals surface area contributed by atoms with Crippen LogP contribution >= 0.6 is 39.1 Å². The number of anilines is 2. The van der Waals surface area contributed by atoms with Crippen LogP contribution in [-0.4, -0.2) is 52.4 Å². The number of imidazole rings is 1. The normalized spacial score (nSPS) is 11.1. The molecule has 0 unspecified atom stereocenters. The van der Waals surface area contributed by atoms with E-state index in [0.29, 0.717) is 38.9 Å². The van der Waals surface area contributed by atoms with E-state index in [0.717, 1.165) is 10.3 Å². The second-order valence-electron chi connectivity index (χ2n) is 9.03. The van der Waals surface area contributed by atoms with E-state index in [1.54, 1.807) is 55.6 Å². The predicted octanol–water partition coefficient (Wildman–Crippen LogP) is 5.01. The van der Waals surface area contributed by atoms with E-state index in [1.807, 2.05) is 23.6 Å². The van der Waals surface area contributed by atoms with Gasteiger partial charge in [0.25, 0.3) is 0 Å². The first-order valence-corrected chi connectivity index (χ1v) is 14.1. The molecule has 4 rings (SSSR count). The van der Waals surface area contributed by atoms with E-state index >= 15 is 0 Å². The average molecular weight is 675 g/mol. The molecule has 0 saturated heterocycles. The van der Waals surface area contributed by atoms with Gasteiger partial charge in [-0.1, -0.05) is 35.3 Å². The van der Waals surface area contributed by atoms with Crippen LogP contribution in [0.3, 0.4) is 0 Å². The number of aryl methyl sites for hydroxylation is 1. The number of aliphatic hydroxyl groups excluding tert-OH is 1. The van der Waals surface area contributed by atoms with E-state index in [9.17, 15) is 14.4 Å². The Labute approximate surface area is 260 Å². The maximum absolute atomic E-state index is 12.9. The minimum Gasteiger partial charge on any atom is -0.485 e. The number of carbonyl (C=O) groups is 3. The van der Waals surface area contributed by atoms with E-state index in [2.05, 4.69) is 31.5 Å². The van der Waals surface area contributed by atoms with Crippen LogP contribution in [0.4, 0.5) is 11.4 Å². The number of rotatable bonds is 10. The van der Waals surface area contributed by atoms with E-state index in [1.165, 1.54) is 11.0 Å². The number of halogens is 3. The van der Waals surface area contributed by atoms with Gasteiger partial charge in [0.2, 0.25) is 17.7 Å². The molecular formula is C29H26BrCl2N5O5. The number of aromatic nitrogens is 2. The van der Waals surface area contributed by atoms with Gasteiger partial charge in [-0.3, -0.25) is 18.8 Å². The molecule has 0 aliphatic rings. The Bertz CT molecular complexity index is 1670. The van der Waals surface area contributed by atoms with Gasteiger partial charge >= 0.3 is 0 Å². The summed E-state index contributed by atoms with van der Waals surface area (Å²) >= 11 is 16.6. The number of carbonyl (C=O) groups excluding carboxylic acids is 3. The van der Waals surface area contributed by atoms with Crippen LogP contribution in [0, 0.1) is 6.92 Å². The third-order valence-corrected chi connectivity index (χ3v) is 7.90. The monoisotopic (exact) mass is 673 g/mol. The van der Waals surface area contributed by atoms with Crippen LogP contribution in [0.2, 0.25) is 10.0 Å². The number of hydrogen-bond acceptors (Lipinski definition) is 6. The fourth-order valence-electron chi connectivity index (χ4n) is 3.89. The van der Waals surface area contributed by atoms with Crippen LogP contribution < -0.4 is 20.3 Å². The van der Waals surface area contributed by atoms with E-state index < -0.39 is 24.3 Å². The van der Waals surface area contributed by atoms with Crippen LogP contribution in [0.25, 0.3) is 11.7 Å². The molecule has 0 radical (unpaired) electrons. The lowest BCUT2D eigenvalue weighted by molar-refractivity contribution is -0.122. The van der Waals surface area contributed by atoms with Gasteiger partial charge in [0, 0.05) is 35.6 Å². The minimum atomic E-state index is -0.613. The standard InChI is InChI=1S/C29H26BrCl2N5O5/c1-17-28(30)37-13-3-4-23(29(37)34-17)42-16-20-21(31)10-11-22(27(20)32)36(2)26(41)14-33-24(39)12-7-18-5-8-19(9-6-18)35-25(40)15-38/h3-13,38H,14-16H2,1-2H3,(H,33,39)(H,35,40)/b12-7+. The van der Waals surface area contributed by atoms with Gasteiger partial charge in [-0.2, -0.15) is 0 Å². The van der Waals surface area contributed by atoms with Crippen molar-refractivity contribution in [3.8, 4) is 5.75 Å². The summed E-state index contributed by atoms with van der Waals surface area (Å²) in [4.78, 5) is 42.3. The van der Waals surface area contributed by atoms with Crippen molar-refractivity contribution >= 4 is 80.0 Å². The van der Waals surface area contributed by atoms with Crippen molar-refractivity contribution in [3.63, 3.8) is 0 Å². The van der Waals surface area contributed by atoms with Crippen molar-refractivity contribution in [1.29, 1.82) is 0 Å². The molecule has 2 heterocycles. The Hall–Kier alpha value is -3.90. The number of likely N-dealkylation sites (N-methyl/N-ethyl adjacent to an activating group) is 1. The van der Waals surface area contributed by atoms with E-state index in [-0.39, 0.29) is 18.2 Å². The molecule has 0 saturated carbocycles. The van der Waals surface area contributed by atoms with Gasteiger partial charge in [0.15, 0.2) is 11.4 Å². The minimum absolute atomic E-state index is 0.0348. The highest BCUT2D eigenvalue weighted by molar-refractivity contribution is 9.10. The topological polar surface area (TPSA) is 125 Å². The maximum atomic E-state index is 12.9. The molecule has 0 bridgehead atoms. The Balaban J connectivity index is 1.37. The van der Waals surface area contributed by atoms with Crippen molar-refractivity contribution in [3.05, 3.63) is 92.3 Å². The lowest BCUT2D eigenvalue weighted by Crippen LogP contribution is -2.37. The summed E-state index contributed by atoms with van der Waals surface area (Å²) in [6.45, 7) is 1.03. The smallest absolute Gasteiger partial charge is 0.250 e. The molecule has 0 atom stereocenters. The van der Waals surface area contributed by atoms with Crippen LogP contribution in [0.1, 0.15) is 16.8 Å². The fraction of sp³-hybridized carbons (Fsp3) is 0.172. The molecule has 0 fully saturated rings. The first-order valence-electron chi connectivity index (χ1n) is 12.5. The zero-order chi connectivity index (χ0) is 30.4. The Morgan fingerprint density at radius 3 is 2.60 bits per heavy atom. The number of nitrogens with one attached hydrogen (secondary N) is 2. The quantitative estimate of drug-likeness (QED) is 0.203. The predicted molar refractivity (Wildman–Crippen MR) is 166 cm³/mol. The number of ether oxygens (including phenoxy) is 1. The molecule has 4 aromatic rings. The molecule has 0 aliphatic heterocycles. The largest absolute Gasteiger partial charge is 0.485 e. The number of aliphatic hydroxyl groups is 1. The Morgan fingerprint density at radius 1 is 1.14 bits per heavy atom. The number of fused-ring (bicyclic) bond motifs is 1. The third-order valence-electron chi connectivity index (χ3n) is 6.17.